The lowest BCUT2D eigenvalue weighted by Gasteiger charge is -2.33. The van der Waals surface area contributed by atoms with Gasteiger partial charge in [-0.2, -0.15) is 18.3 Å². The third kappa shape index (κ3) is 4.29. The molecule has 0 spiro atoms. The van der Waals surface area contributed by atoms with Gasteiger partial charge in [0, 0.05) is 30.0 Å². The van der Waals surface area contributed by atoms with E-state index >= 15 is 0 Å². The van der Waals surface area contributed by atoms with Crippen LogP contribution in [0.15, 0.2) is 34.8 Å². The number of halogens is 4. The third-order valence-electron chi connectivity index (χ3n) is 5.57. The first-order chi connectivity index (χ1) is 13.8. The van der Waals surface area contributed by atoms with Crippen LogP contribution < -0.4 is 5.32 Å². The molecule has 1 saturated heterocycles. The van der Waals surface area contributed by atoms with E-state index in [1.807, 2.05) is 0 Å². The van der Waals surface area contributed by atoms with Crippen molar-refractivity contribution in [2.75, 3.05) is 18.4 Å². The van der Waals surface area contributed by atoms with Crippen molar-refractivity contribution < 1.29 is 18.0 Å². The first-order valence-corrected chi connectivity index (χ1v) is 10.6. The largest absolute Gasteiger partial charge is 0.410 e. The fraction of sp³-hybridized carbons (Fsp3) is 0.500. The second kappa shape index (κ2) is 8.01. The summed E-state index contributed by atoms with van der Waals surface area (Å²) < 4.78 is 43.2. The number of carbonyl (C=O) groups is 1. The van der Waals surface area contributed by atoms with Crippen LogP contribution in [-0.4, -0.2) is 39.9 Å². The molecule has 0 saturated carbocycles. The highest BCUT2D eigenvalue weighted by molar-refractivity contribution is 9.10. The van der Waals surface area contributed by atoms with E-state index in [9.17, 15) is 18.0 Å². The number of nitrogens with one attached hydrogen (secondary N) is 1. The fourth-order valence-electron chi connectivity index (χ4n) is 4.03. The second-order valence-corrected chi connectivity index (χ2v) is 8.52. The van der Waals surface area contributed by atoms with Crippen LogP contribution in [0.2, 0.25) is 0 Å². The van der Waals surface area contributed by atoms with E-state index in [2.05, 4.69) is 26.3 Å². The van der Waals surface area contributed by atoms with E-state index in [1.165, 1.54) is 6.07 Å². The Labute approximate surface area is 175 Å². The number of anilines is 1. The molecule has 0 unspecified atom stereocenters. The van der Waals surface area contributed by atoms with Crippen LogP contribution in [-0.2, 0) is 0 Å². The summed E-state index contributed by atoms with van der Waals surface area (Å²) >= 11 is 3.34. The fourth-order valence-corrected chi connectivity index (χ4v) is 4.29. The average Bonchev–Trinajstić information content (AvgIpc) is 2.92. The number of hydrogen-bond donors (Lipinski definition) is 1. The van der Waals surface area contributed by atoms with Gasteiger partial charge in [0.2, 0.25) is 0 Å². The van der Waals surface area contributed by atoms with Gasteiger partial charge < -0.3 is 10.2 Å². The van der Waals surface area contributed by atoms with E-state index in [1.54, 1.807) is 29.2 Å². The molecule has 0 radical (unpaired) electrons. The van der Waals surface area contributed by atoms with Gasteiger partial charge in [-0.1, -0.05) is 40.9 Å². The van der Waals surface area contributed by atoms with E-state index < -0.39 is 18.3 Å². The Morgan fingerprint density at radius 1 is 1.10 bits per heavy atom. The molecule has 1 amide bonds. The lowest BCUT2D eigenvalue weighted by atomic mass is 9.97. The van der Waals surface area contributed by atoms with Crippen LogP contribution in [0.25, 0.3) is 0 Å². The Kier molecular flexibility index (Phi) is 5.59. The van der Waals surface area contributed by atoms with Gasteiger partial charge in [0.25, 0.3) is 5.91 Å². The second-order valence-electron chi connectivity index (χ2n) is 7.61. The molecule has 0 aliphatic carbocycles. The molecule has 9 heteroatoms. The van der Waals surface area contributed by atoms with Gasteiger partial charge in [-0.3, -0.25) is 4.79 Å². The minimum absolute atomic E-state index is 0.0695. The molecule has 1 fully saturated rings. The predicted octanol–water partition coefficient (Wildman–Crippen LogP) is 5.32. The number of nitrogens with zero attached hydrogens (tertiary/aromatic N) is 3. The van der Waals surface area contributed by atoms with Crippen molar-refractivity contribution in [3.05, 3.63) is 46.1 Å². The van der Waals surface area contributed by atoms with E-state index in [0.717, 1.165) is 40.4 Å². The summed E-state index contributed by atoms with van der Waals surface area (Å²) in [6.45, 7) is 1.25. The molecule has 2 aromatic rings. The van der Waals surface area contributed by atoms with Crippen molar-refractivity contribution in [1.29, 1.82) is 0 Å². The zero-order valence-electron chi connectivity index (χ0n) is 15.8. The number of likely N-dealkylation sites (tertiary alicyclic amines) is 1. The van der Waals surface area contributed by atoms with E-state index in [0.29, 0.717) is 13.1 Å². The normalized spacial score (nSPS) is 22.6. The Balaban J connectivity index is 1.64. The SMILES string of the molecule is O=C(c1cc2n(n1)[C@@H](C(F)(F)F)C[C@H](c1ccc(Br)cc1)N2)N1CCCCCC1. The first kappa shape index (κ1) is 20.3. The van der Waals surface area contributed by atoms with Gasteiger partial charge in [0.15, 0.2) is 11.7 Å². The molecule has 2 aliphatic heterocycles. The van der Waals surface area contributed by atoms with Gasteiger partial charge in [-0.05, 0) is 30.5 Å². The molecule has 2 atom stereocenters. The molecule has 3 heterocycles. The number of hydrogen-bond acceptors (Lipinski definition) is 3. The molecule has 5 nitrogen and oxygen atoms in total. The van der Waals surface area contributed by atoms with E-state index in [4.69, 9.17) is 0 Å². The van der Waals surface area contributed by atoms with Gasteiger partial charge in [0.1, 0.15) is 5.82 Å². The number of fused-ring (bicyclic) bond motifs is 1. The van der Waals surface area contributed by atoms with Gasteiger partial charge in [-0.15, -0.1) is 0 Å². The summed E-state index contributed by atoms with van der Waals surface area (Å²) in [6.07, 6.45) is -0.689. The van der Waals surface area contributed by atoms with Gasteiger partial charge in [0.05, 0.1) is 6.04 Å². The summed E-state index contributed by atoms with van der Waals surface area (Å²) in [7, 11) is 0. The molecule has 0 bridgehead atoms. The zero-order valence-corrected chi connectivity index (χ0v) is 17.3. The Hall–Kier alpha value is -2.03. The average molecular weight is 471 g/mol. The van der Waals surface area contributed by atoms with Crippen LogP contribution in [0.3, 0.4) is 0 Å². The summed E-state index contributed by atoms with van der Waals surface area (Å²) in [5.41, 5.74) is 0.829. The van der Waals surface area contributed by atoms with Crippen LogP contribution in [0.4, 0.5) is 19.0 Å². The van der Waals surface area contributed by atoms with Crippen LogP contribution in [0, 0.1) is 0 Å². The maximum atomic E-state index is 13.8. The lowest BCUT2D eigenvalue weighted by Crippen LogP contribution is -2.36. The van der Waals surface area contributed by atoms with Crippen molar-refractivity contribution in [1.82, 2.24) is 14.7 Å². The highest BCUT2D eigenvalue weighted by Gasteiger charge is 2.47. The molecule has 1 aromatic heterocycles. The summed E-state index contributed by atoms with van der Waals surface area (Å²) in [4.78, 5) is 14.6. The maximum absolute atomic E-state index is 13.8. The Morgan fingerprint density at radius 3 is 2.38 bits per heavy atom. The molecular formula is C20H22BrF3N4O. The lowest BCUT2D eigenvalue weighted by molar-refractivity contribution is -0.173. The summed E-state index contributed by atoms with van der Waals surface area (Å²) in [5.74, 6) is -0.0682. The summed E-state index contributed by atoms with van der Waals surface area (Å²) in [6, 6.07) is 6.36. The molecule has 1 N–H and O–H groups in total. The minimum Gasteiger partial charge on any atom is -0.363 e. The molecule has 29 heavy (non-hydrogen) atoms. The van der Waals surface area contributed by atoms with Crippen molar-refractivity contribution in [2.45, 2.75) is 50.4 Å². The van der Waals surface area contributed by atoms with Crippen molar-refractivity contribution in [3.63, 3.8) is 0 Å². The Morgan fingerprint density at radius 2 is 1.76 bits per heavy atom. The van der Waals surface area contributed by atoms with Crippen molar-refractivity contribution in [2.24, 2.45) is 0 Å². The third-order valence-corrected chi connectivity index (χ3v) is 6.10. The smallest absolute Gasteiger partial charge is 0.363 e. The van der Waals surface area contributed by atoms with Crippen LogP contribution >= 0.6 is 15.9 Å². The predicted molar refractivity (Wildman–Crippen MR) is 107 cm³/mol. The number of amides is 1. The molecular weight excluding hydrogens is 449 g/mol. The van der Waals surface area contributed by atoms with Crippen molar-refractivity contribution in [3.8, 4) is 0 Å². The standard InChI is InChI=1S/C20H22BrF3N4O/c21-14-7-5-13(6-8-14)15-11-17(20(22,23)24)28-18(25-15)12-16(26-28)19(29)27-9-3-1-2-4-10-27/h5-8,12,15,17,25H,1-4,9-11H2/t15-,17-/m1/s1. The van der Waals surface area contributed by atoms with E-state index in [-0.39, 0.29) is 23.8 Å². The number of alkyl halides is 3. The van der Waals surface area contributed by atoms with Crippen LogP contribution in [0.5, 0.6) is 0 Å². The van der Waals surface area contributed by atoms with Gasteiger partial charge >= 0.3 is 6.18 Å². The first-order valence-electron chi connectivity index (χ1n) is 9.80. The number of aromatic nitrogens is 2. The van der Waals surface area contributed by atoms with Gasteiger partial charge in [-0.25, -0.2) is 4.68 Å². The molecule has 1 aromatic carbocycles. The highest BCUT2D eigenvalue weighted by atomic mass is 79.9. The molecule has 2 aliphatic rings. The molecule has 4 rings (SSSR count). The van der Waals surface area contributed by atoms with Crippen molar-refractivity contribution >= 4 is 27.7 Å². The maximum Gasteiger partial charge on any atom is 0.410 e. The zero-order chi connectivity index (χ0) is 20.6. The topological polar surface area (TPSA) is 50.2 Å². The quantitative estimate of drug-likeness (QED) is 0.645. The number of benzene rings is 1. The Bertz CT molecular complexity index is 873. The number of carbonyl (C=O) groups excluding carboxylic acids is 1. The number of rotatable bonds is 2. The molecule has 156 valence electrons. The summed E-state index contributed by atoms with van der Waals surface area (Å²) in [5, 5.41) is 7.22. The van der Waals surface area contributed by atoms with Crippen LogP contribution in [0.1, 0.15) is 60.2 Å². The highest BCUT2D eigenvalue weighted by Crippen LogP contribution is 2.43. The minimum atomic E-state index is -4.46. The monoisotopic (exact) mass is 470 g/mol.